The Balaban J connectivity index is 2.10. The minimum atomic E-state index is 0.289. The summed E-state index contributed by atoms with van der Waals surface area (Å²) in [5, 5.41) is 6.28. The van der Waals surface area contributed by atoms with Crippen LogP contribution in [-0.4, -0.2) is 7.05 Å². The molecule has 0 spiro atoms. The maximum Gasteiger partial charge on any atom is 0.0595 e. The van der Waals surface area contributed by atoms with E-state index in [0.29, 0.717) is 0 Å². The Morgan fingerprint density at radius 3 is 2.83 bits per heavy atom. The van der Waals surface area contributed by atoms with Crippen molar-refractivity contribution in [2.75, 3.05) is 7.05 Å². The quantitative estimate of drug-likeness (QED) is 0.799. The van der Waals surface area contributed by atoms with E-state index in [1.807, 2.05) is 30.5 Å². The van der Waals surface area contributed by atoms with Crippen molar-refractivity contribution in [3.05, 3.63) is 55.6 Å². The molecule has 96 valence electrons. The van der Waals surface area contributed by atoms with E-state index >= 15 is 0 Å². The SMILES string of the molecule is CNC(CCc1cccs1)c1cccc(Br)c1Cl. The molecule has 0 bridgehead atoms. The average molecular weight is 345 g/mol. The average Bonchev–Trinajstić information content (AvgIpc) is 2.88. The van der Waals surface area contributed by atoms with Crippen LogP contribution < -0.4 is 5.32 Å². The lowest BCUT2D eigenvalue weighted by Crippen LogP contribution is -2.17. The summed E-state index contributed by atoms with van der Waals surface area (Å²) in [6.45, 7) is 0. The fraction of sp³-hybridized carbons (Fsp3) is 0.286. The third-order valence-corrected chi connectivity index (χ3v) is 5.21. The van der Waals surface area contributed by atoms with E-state index in [9.17, 15) is 0 Å². The van der Waals surface area contributed by atoms with E-state index in [4.69, 9.17) is 11.6 Å². The van der Waals surface area contributed by atoms with Crippen LogP contribution in [0, 0.1) is 0 Å². The zero-order valence-corrected chi connectivity index (χ0v) is 13.3. The molecule has 1 nitrogen and oxygen atoms in total. The van der Waals surface area contributed by atoms with Gasteiger partial charge in [-0.25, -0.2) is 0 Å². The molecule has 0 aliphatic rings. The van der Waals surface area contributed by atoms with Crippen LogP contribution in [0.1, 0.15) is 22.9 Å². The van der Waals surface area contributed by atoms with Gasteiger partial charge in [-0.3, -0.25) is 0 Å². The van der Waals surface area contributed by atoms with Gasteiger partial charge in [0, 0.05) is 15.4 Å². The number of aryl methyl sites for hydroxylation is 1. The first-order valence-electron chi connectivity index (χ1n) is 5.86. The summed E-state index contributed by atoms with van der Waals surface area (Å²) in [5.41, 5.74) is 1.16. The second kappa shape index (κ2) is 6.71. The number of benzene rings is 1. The van der Waals surface area contributed by atoms with Crippen LogP contribution in [0.2, 0.25) is 5.02 Å². The van der Waals surface area contributed by atoms with Crippen LogP contribution in [-0.2, 0) is 6.42 Å². The van der Waals surface area contributed by atoms with Crippen LogP contribution >= 0.6 is 38.9 Å². The van der Waals surface area contributed by atoms with E-state index < -0.39 is 0 Å². The third-order valence-electron chi connectivity index (χ3n) is 2.96. The fourth-order valence-corrected chi connectivity index (χ4v) is 3.35. The molecule has 2 rings (SSSR count). The predicted molar refractivity (Wildman–Crippen MR) is 83.6 cm³/mol. The van der Waals surface area contributed by atoms with Crippen LogP contribution in [0.15, 0.2) is 40.2 Å². The zero-order chi connectivity index (χ0) is 13.0. The summed E-state index contributed by atoms with van der Waals surface area (Å²) in [6.07, 6.45) is 2.12. The van der Waals surface area contributed by atoms with Crippen LogP contribution in [0.5, 0.6) is 0 Å². The summed E-state index contributed by atoms with van der Waals surface area (Å²) in [5.74, 6) is 0. The maximum absolute atomic E-state index is 6.34. The summed E-state index contributed by atoms with van der Waals surface area (Å²) in [7, 11) is 1.98. The van der Waals surface area contributed by atoms with Crippen molar-refractivity contribution >= 4 is 38.9 Å². The highest BCUT2D eigenvalue weighted by Crippen LogP contribution is 2.32. The number of nitrogens with one attached hydrogen (secondary N) is 1. The molecule has 0 aliphatic heterocycles. The van der Waals surface area contributed by atoms with E-state index in [2.05, 4.69) is 44.8 Å². The molecular weight excluding hydrogens is 330 g/mol. The van der Waals surface area contributed by atoms with Crippen molar-refractivity contribution in [1.82, 2.24) is 5.32 Å². The van der Waals surface area contributed by atoms with Crippen LogP contribution in [0.25, 0.3) is 0 Å². The van der Waals surface area contributed by atoms with Gasteiger partial charge in [0.25, 0.3) is 0 Å². The highest BCUT2D eigenvalue weighted by molar-refractivity contribution is 9.10. The summed E-state index contributed by atoms with van der Waals surface area (Å²) < 4.78 is 0.957. The Morgan fingerprint density at radius 1 is 1.33 bits per heavy atom. The largest absolute Gasteiger partial charge is 0.313 e. The molecule has 1 N–H and O–H groups in total. The minimum absolute atomic E-state index is 0.289. The normalized spacial score (nSPS) is 12.6. The van der Waals surface area contributed by atoms with Crippen molar-refractivity contribution in [2.45, 2.75) is 18.9 Å². The Kier molecular flexibility index (Phi) is 5.25. The first-order chi connectivity index (χ1) is 8.72. The van der Waals surface area contributed by atoms with Gasteiger partial charge in [0.1, 0.15) is 0 Å². The molecule has 0 fully saturated rings. The van der Waals surface area contributed by atoms with Crippen molar-refractivity contribution in [1.29, 1.82) is 0 Å². The molecule has 0 aliphatic carbocycles. The van der Waals surface area contributed by atoms with Crippen molar-refractivity contribution < 1.29 is 0 Å². The number of hydrogen-bond donors (Lipinski definition) is 1. The standard InChI is InChI=1S/C14H15BrClNS/c1-17-13(8-7-10-4-3-9-18-10)11-5-2-6-12(15)14(11)16/h2-6,9,13,17H,7-8H2,1H3. The molecule has 1 aromatic heterocycles. The van der Waals surface area contributed by atoms with Crippen molar-refractivity contribution in [3.63, 3.8) is 0 Å². The Morgan fingerprint density at radius 2 is 2.17 bits per heavy atom. The van der Waals surface area contributed by atoms with Gasteiger partial charge in [0.2, 0.25) is 0 Å². The lowest BCUT2D eigenvalue weighted by molar-refractivity contribution is 0.551. The molecule has 0 saturated carbocycles. The molecule has 2 aromatic rings. The summed E-state index contributed by atoms with van der Waals surface area (Å²) >= 11 is 11.6. The van der Waals surface area contributed by atoms with Gasteiger partial charge in [-0.2, -0.15) is 0 Å². The number of halogens is 2. The molecule has 0 saturated heterocycles. The van der Waals surface area contributed by atoms with Crippen LogP contribution in [0.4, 0.5) is 0 Å². The van der Waals surface area contributed by atoms with Crippen molar-refractivity contribution in [3.8, 4) is 0 Å². The topological polar surface area (TPSA) is 12.0 Å². The zero-order valence-electron chi connectivity index (χ0n) is 10.1. The second-order valence-corrected chi connectivity index (χ2v) is 6.37. The summed E-state index contributed by atoms with van der Waals surface area (Å²) in [6, 6.07) is 10.7. The Labute approximate surface area is 125 Å². The molecule has 18 heavy (non-hydrogen) atoms. The molecular formula is C14H15BrClNS. The Bertz CT molecular complexity index is 499. The number of hydrogen-bond acceptors (Lipinski definition) is 2. The minimum Gasteiger partial charge on any atom is -0.313 e. The molecule has 1 aromatic carbocycles. The van der Waals surface area contributed by atoms with Gasteiger partial charge in [0.15, 0.2) is 0 Å². The van der Waals surface area contributed by atoms with E-state index in [-0.39, 0.29) is 6.04 Å². The van der Waals surface area contributed by atoms with Gasteiger partial charge >= 0.3 is 0 Å². The smallest absolute Gasteiger partial charge is 0.0595 e. The second-order valence-electron chi connectivity index (χ2n) is 4.10. The number of rotatable bonds is 5. The Hall–Kier alpha value is -0.350. The van der Waals surface area contributed by atoms with E-state index in [1.54, 1.807) is 0 Å². The summed E-state index contributed by atoms with van der Waals surface area (Å²) in [4.78, 5) is 1.42. The van der Waals surface area contributed by atoms with Gasteiger partial charge in [-0.1, -0.05) is 29.8 Å². The first kappa shape index (κ1) is 14.1. The van der Waals surface area contributed by atoms with E-state index in [0.717, 1.165) is 27.9 Å². The highest BCUT2D eigenvalue weighted by Gasteiger charge is 2.14. The van der Waals surface area contributed by atoms with Gasteiger partial charge < -0.3 is 5.32 Å². The monoisotopic (exact) mass is 343 g/mol. The maximum atomic E-state index is 6.34. The lowest BCUT2D eigenvalue weighted by atomic mass is 10.0. The predicted octanol–water partition coefficient (Wildman–Crippen LogP) is 5.06. The molecule has 1 heterocycles. The lowest BCUT2D eigenvalue weighted by Gasteiger charge is -2.18. The highest BCUT2D eigenvalue weighted by atomic mass is 79.9. The molecule has 1 atom stereocenters. The molecule has 0 amide bonds. The number of thiophene rings is 1. The molecule has 0 radical (unpaired) electrons. The third kappa shape index (κ3) is 3.35. The van der Waals surface area contributed by atoms with Gasteiger partial charge in [-0.05, 0) is 58.9 Å². The first-order valence-corrected chi connectivity index (χ1v) is 7.91. The van der Waals surface area contributed by atoms with Crippen LogP contribution in [0.3, 0.4) is 0 Å². The molecule has 4 heteroatoms. The van der Waals surface area contributed by atoms with Gasteiger partial charge in [0.05, 0.1) is 5.02 Å². The van der Waals surface area contributed by atoms with Crippen molar-refractivity contribution in [2.24, 2.45) is 0 Å². The fourth-order valence-electron chi connectivity index (χ4n) is 1.99. The van der Waals surface area contributed by atoms with Gasteiger partial charge in [-0.15, -0.1) is 11.3 Å². The van der Waals surface area contributed by atoms with E-state index in [1.165, 1.54) is 4.88 Å². The molecule has 1 unspecified atom stereocenters.